The van der Waals surface area contributed by atoms with Crippen LogP contribution >= 0.6 is 0 Å². The number of aliphatic hydroxyl groups excluding tert-OH is 1. The molecule has 16 heavy (non-hydrogen) atoms. The lowest BCUT2D eigenvalue weighted by atomic mass is 9.82. The van der Waals surface area contributed by atoms with Crippen molar-refractivity contribution in [2.24, 2.45) is 11.8 Å². The van der Waals surface area contributed by atoms with Crippen LogP contribution in [0.25, 0.3) is 0 Å². The second-order valence-electron chi connectivity index (χ2n) is 4.98. The summed E-state index contributed by atoms with van der Waals surface area (Å²) in [5.74, 6) is 1.87. The number of ether oxygens (including phenoxy) is 1. The van der Waals surface area contributed by atoms with Gasteiger partial charge in [0.25, 0.3) is 0 Å². The van der Waals surface area contributed by atoms with E-state index in [1.807, 2.05) is 12.1 Å². The van der Waals surface area contributed by atoms with Crippen LogP contribution in [0.4, 0.5) is 0 Å². The van der Waals surface area contributed by atoms with Crippen LogP contribution in [0.3, 0.4) is 0 Å². The van der Waals surface area contributed by atoms with Gasteiger partial charge in [-0.05, 0) is 24.3 Å². The van der Waals surface area contributed by atoms with Crippen molar-refractivity contribution in [1.82, 2.24) is 0 Å². The minimum atomic E-state index is 0.126. The number of aliphatic hydroxyl groups is 1. The van der Waals surface area contributed by atoms with Crippen LogP contribution in [0, 0.1) is 11.8 Å². The average molecular weight is 220 g/mol. The van der Waals surface area contributed by atoms with Crippen molar-refractivity contribution >= 4 is 0 Å². The van der Waals surface area contributed by atoms with Gasteiger partial charge in [0.05, 0.1) is 7.11 Å². The third kappa shape index (κ3) is 1.52. The molecule has 88 valence electrons. The minimum absolute atomic E-state index is 0.126. The highest BCUT2D eigenvalue weighted by atomic mass is 16.5. The highest BCUT2D eigenvalue weighted by Gasteiger charge is 2.57. The van der Waals surface area contributed by atoms with Gasteiger partial charge < -0.3 is 9.84 Å². The topological polar surface area (TPSA) is 29.5 Å². The molecule has 0 radical (unpaired) electrons. The number of methoxy groups -OCH3 is 1. The fourth-order valence-corrected chi connectivity index (χ4v) is 2.95. The molecule has 2 unspecified atom stereocenters. The molecule has 0 spiro atoms. The van der Waals surface area contributed by atoms with E-state index in [4.69, 9.17) is 4.74 Å². The van der Waals surface area contributed by atoms with E-state index in [1.165, 1.54) is 5.56 Å². The quantitative estimate of drug-likeness (QED) is 0.845. The van der Waals surface area contributed by atoms with E-state index in [-0.39, 0.29) is 12.0 Å². The Morgan fingerprint density at radius 3 is 2.62 bits per heavy atom. The predicted molar refractivity (Wildman–Crippen MR) is 64.7 cm³/mol. The Hall–Kier alpha value is -1.02. The molecule has 0 heterocycles. The molecule has 1 N–H and O–H groups in total. The van der Waals surface area contributed by atoms with Gasteiger partial charge in [0.2, 0.25) is 0 Å². The van der Waals surface area contributed by atoms with Crippen LogP contribution in [0.5, 0.6) is 5.75 Å². The molecule has 2 heteroatoms. The number of hydrogen-bond donors (Lipinski definition) is 1. The molecule has 1 aromatic carbocycles. The van der Waals surface area contributed by atoms with E-state index in [2.05, 4.69) is 26.0 Å². The molecule has 0 aliphatic heterocycles. The molecule has 1 aromatic rings. The zero-order valence-electron chi connectivity index (χ0n) is 10.2. The molecule has 2 rings (SSSR count). The molecule has 2 nitrogen and oxygen atoms in total. The van der Waals surface area contributed by atoms with Crippen LogP contribution in [-0.4, -0.2) is 18.8 Å². The summed E-state index contributed by atoms with van der Waals surface area (Å²) >= 11 is 0. The summed E-state index contributed by atoms with van der Waals surface area (Å²) in [6.45, 7) is 4.72. The van der Waals surface area contributed by atoms with Crippen molar-refractivity contribution in [2.75, 3.05) is 13.7 Å². The lowest BCUT2D eigenvalue weighted by Gasteiger charge is -2.24. The van der Waals surface area contributed by atoms with Crippen LogP contribution in [-0.2, 0) is 5.41 Å². The van der Waals surface area contributed by atoms with Crippen LogP contribution in [0.1, 0.15) is 25.8 Å². The van der Waals surface area contributed by atoms with Gasteiger partial charge in [0.15, 0.2) is 0 Å². The van der Waals surface area contributed by atoms with Crippen molar-refractivity contribution in [3.8, 4) is 5.75 Å². The van der Waals surface area contributed by atoms with Crippen LogP contribution in [0.15, 0.2) is 24.3 Å². The zero-order chi connectivity index (χ0) is 11.8. The van der Waals surface area contributed by atoms with E-state index in [9.17, 15) is 5.11 Å². The number of rotatable bonds is 4. The summed E-state index contributed by atoms with van der Waals surface area (Å²) in [6.07, 6.45) is 1.07. The summed E-state index contributed by atoms with van der Waals surface area (Å²) < 4.78 is 5.43. The first-order valence-electron chi connectivity index (χ1n) is 5.91. The maximum Gasteiger partial charge on any atom is 0.122 e. The predicted octanol–water partition coefficient (Wildman–Crippen LogP) is 2.60. The zero-order valence-corrected chi connectivity index (χ0v) is 10.2. The van der Waals surface area contributed by atoms with Gasteiger partial charge in [-0.1, -0.05) is 32.0 Å². The fourth-order valence-electron chi connectivity index (χ4n) is 2.95. The monoisotopic (exact) mass is 220 g/mol. The molecule has 0 aromatic heterocycles. The molecule has 1 fully saturated rings. The van der Waals surface area contributed by atoms with Gasteiger partial charge in [-0.15, -0.1) is 0 Å². The SMILES string of the molecule is COc1ccccc1C1(C(C)C)CC1CO. The van der Waals surface area contributed by atoms with E-state index < -0.39 is 0 Å². The van der Waals surface area contributed by atoms with E-state index in [1.54, 1.807) is 7.11 Å². The second-order valence-corrected chi connectivity index (χ2v) is 4.98. The van der Waals surface area contributed by atoms with Gasteiger partial charge in [0, 0.05) is 17.6 Å². The first kappa shape index (κ1) is 11.5. The Bertz CT molecular complexity index is 373. The molecule has 1 saturated carbocycles. The fraction of sp³-hybridized carbons (Fsp3) is 0.571. The van der Waals surface area contributed by atoms with Gasteiger partial charge >= 0.3 is 0 Å². The third-order valence-corrected chi connectivity index (χ3v) is 4.01. The lowest BCUT2D eigenvalue weighted by molar-refractivity contribution is 0.250. The molecule has 1 aliphatic rings. The average Bonchev–Trinajstić information content (AvgIpc) is 3.04. The largest absolute Gasteiger partial charge is 0.496 e. The summed E-state index contributed by atoms with van der Waals surface area (Å²) in [7, 11) is 1.71. The molecule has 2 atom stereocenters. The Kier molecular flexibility index (Phi) is 2.94. The standard InChI is InChI=1S/C14H20O2/c1-10(2)14(8-11(14)9-15)12-6-4-5-7-13(12)16-3/h4-7,10-11,15H,8-9H2,1-3H3. The van der Waals surface area contributed by atoms with E-state index in [0.29, 0.717) is 11.8 Å². The van der Waals surface area contributed by atoms with Gasteiger partial charge in [-0.2, -0.15) is 0 Å². The van der Waals surface area contributed by atoms with Gasteiger partial charge in [-0.25, -0.2) is 0 Å². The first-order valence-corrected chi connectivity index (χ1v) is 5.91. The molecule has 1 aliphatic carbocycles. The molecule has 0 saturated heterocycles. The molecular formula is C14H20O2. The smallest absolute Gasteiger partial charge is 0.122 e. The number of benzene rings is 1. The summed E-state index contributed by atoms with van der Waals surface area (Å²) in [5, 5.41) is 9.37. The summed E-state index contributed by atoms with van der Waals surface area (Å²) in [6, 6.07) is 8.18. The van der Waals surface area contributed by atoms with Crippen molar-refractivity contribution < 1.29 is 9.84 Å². The van der Waals surface area contributed by atoms with Gasteiger partial charge in [-0.3, -0.25) is 0 Å². The normalized spacial score (nSPS) is 28.2. The highest BCUT2D eigenvalue weighted by molar-refractivity contribution is 5.45. The van der Waals surface area contributed by atoms with Crippen LogP contribution < -0.4 is 4.74 Å². The van der Waals surface area contributed by atoms with Crippen molar-refractivity contribution in [3.05, 3.63) is 29.8 Å². The molecule has 0 amide bonds. The first-order chi connectivity index (χ1) is 7.66. The Morgan fingerprint density at radius 1 is 1.44 bits per heavy atom. The third-order valence-electron chi connectivity index (χ3n) is 4.01. The van der Waals surface area contributed by atoms with Crippen molar-refractivity contribution in [2.45, 2.75) is 25.7 Å². The molecule has 0 bridgehead atoms. The lowest BCUT2D eigenvalue weighted by Crippen LogP contribution is -2.20. The van der Waals surface area contributed by atoms with E-state index >= 15 is 0 Å². The number of para-hydroxylation sites is 1. The Balaban J connectivity index is 2.42. The van der Waals surface area contributed by atoms with Crippen molar-refractivity contribution in [1.29, 1.82) is 0 Å². The van der Waals surface area contributed by atoms with Crippen LogP contribution in [0.2, 0.25) is 0 Å². The maximum atomic E-state index is 9.37. The molecular weight excluding hydrogens is 200 g/mol. The summed E-state index contributed by atoms with van der Waals surface area (Å²) in [4.78, 5) is 0. The summed E-state index contributed by atoms with van der Waals surface area (Å²) in [5.41, 5.74) is 1.38. The highest BCUT2D eigenvalue weighted by Crippen LogP contribution is 2.60. The number of hydrogen-bond acceptors (Lipinski definition) is 2. The minimum Gasteiger partial charge on any atom is -0.496 e. The Labute approximate surface area is 97.3 Å². The Morgan fingerprint density at radius 2 is 2.12 bits per heavy atom. The van der Waals surface area contributed by atoms with Gasteiger partial charge in [0.1, 0.15) is 5.75 Å². The second kappa shape index (κ2) is 4.10. The van der Waals surface area contributed by atoms with E-state index in [0.717, 1.165) is 12.2 Å². The maximum absolute atomic E-state index is 9.37. The van der Waals surface area contributed by atoms with Crippen molar-refractivity contribution in [3.63, 3.8) is 0 Å².